The lowest BCUT2D eigenvalue weighted by Gasteiger charge is -2.12. The molecule has 0 amide bonds. The second kappa shape index (κ2) is 7.98. The van der Waals surface area contributed by atoms with Gasteiger partial charge in [0.2, 0.25) is 0 Å². The molecular formula is C35H21N5. The van der Waals surface area contributed by atoms with Gasteiger partial charge in [-0.15, -0.1) is 0 Å². The molecule has 0 fully saturated rings. The van der Waals surface area contributed by atoms with Crippen LogP contribution in [0.2, 0.25) is 0 Å². The lowest BCUT2D eigenvalue weighted by atomic mass is 10.00. The Hall–Kier alpha value is -5.55. The predicted molar refractivity (Wildman–Crippen MR) is 163 cm³/mol. The molecule has 5 nitrogen and oxygen atoms in total. The van der Waals surface area contributed by atoms with Crippen LogP contribution in [0.5, 0.6) is 0 Å². The second-order valence-electron chi connectivity index (χ2n) is 10.2. The zero-order valence-corrected chi connectivity index (χ0v) is 21.4. The molecule has 9 rings (SSSR count). The van der Waals surface area contributed by atoms with E-state index in [9.17, 15) is 0 Å². The number of hydrogen-bond donors (Lipinski definition) is 0. The van der Waals surface area contributed by atoms with Gasteiger partial charge in [-0.05, 0) is 60.2 Å². The van der Waals surface area contributed by atoms with Gasteiger partial charge in [-0.2, -0.15) is 0 Å². The lowest BCUT2D eigenvalue weighted by molar-refractivity contribution is 1.08. The van der Waals surface area contributed by atoms with Crippen molar-refractivity contribution >= 4 is 60.2 Å². The molecule has 9 aromatic rings. The molecule has 0 N–H and O–H groups in total. The molecule has 5 heteroatoms. The van der Waals surface area contributed by atoms with E-state index < -0.39 is 0 Å². The van der Waals surface area contributed by atoms with Gasteiger partial charge >= 0.3 is 0 Å². The third-order valence-corrected chi connectivity index (χ3v) is 8.02. The van der Waals surface area contributed by atoms with Crippen molar-refractivity contribution in [1.82, 2.24) is 23.9 Å². The molecule has 0 aliphatic carbocycles. The van der Waals surface area contributed by atoms with E-state index in [1.807, 2.05) is 24.5 Å². The quantitative estimate of drug-likeness (QED) is 0.219. The average molecular weight is 512 g/mol. The Bertz CT molecular complexity index is 2430. The highest BCUT2D eigenvalue weighted by atomic mass is 15.1. The third-order valence-electron chi connectivity index (χ3n) is 8.02. The van der Waals surface area contributed by atoms with E-state index in [0.29, 0.717) is 0 Å². The topological polar surface area (TPSA) is 48.0 Å². The van der Waals surface area contributed by atoms with Crippen LogP contribution in [0.1, 0.15) is 0 Å². The molecule has 4 aromatic carbocycles. The number of hydrogen-bond acceptors (Lipinski definition) is 3. The Morgan fingerprint density at radius 1 is 0.525 bits per heavy atom. The molecule has 186 valence electrons. The summed E-state index contributed by atoms with van der Waals surface area (Å²) in [5.74, 6) is 0.879. The summed E-state index contributed by atoms with van der Waals surface area (Å²) < 4.78 is 4.59. The van der Waals surface area contributed by atoms with Gasteiger partial charge < -0.3 is 0 Å². The first kappa shape index (κ1) is 21.4. The van der Waals surface area contributed by atoms with E-state index in [-0.39, 0.29) is 0 Å². The first-order valence-corrected chi connectivity index (χ1v) is 13.4. The molecule has 40 heavy (non-hydrogen) atoms. The van der Waals surface area contributed by atoms with Gasteiger partial charge in [-0.3, -0.25) is 14.0 Å². The zero-order valence-electron chi connectivity index (χ0n) is 21.4. The van der Waals surface area contributed by atoms with Gasteiger partial charge in [0.25, 0.3) is 0 Å². The minimum absolute atomic E-state index is 0.879. The van der Waals surface area contributed by atoms with Crippen LogP contribution in [0.25, 0.3) is 77.1 Å². The fourth-order valence-corrected chi connectivity index (χ4v) is 6.36. The van der Waals surface area contributed by atoms with Crippen LogP contribution in [0.4, 0.5) is 0 Å². The highest BCUT2D eigenvalue weighted by Crippen LogP contribution is 2.41. The fourth-order valence-electron chi connectivity index (χ4n) is 6.36. The van der Waals surface area contributed by atoms with Gasteiger partial charge in [-0.25, -0.2) is 9.97 Å². The Labute approximate surface area is 228 Å². The summed E-state index contributed by atoms with van der Waals surface area (Å²) in [7, 11) is 0. The Morgan fingerprint density at radius 3 is 2.15 bits per heavy atom. The van der Waals surface area contributed by atoms with Crippen LogP contribution < -0.4 is 0 Å². The second-order valence-corrected chi connectivity index (χ2v) is 10.2. The van der Waals surface area contributed by atoms with E-state index in [2.05, 4.69) is 111 Å². The van der Waals surface area contributed by atoms with Crippen molar-refractivity contribution in [2.24, 2.45) is 0 Å². The number of imidazole rings is 1. The normalized spacial score (nSPS) is 12.0. The summed E-state index contributed by atoms with van der Waals surface area (Å²) in [5, 5.41) is 5.98. The molecule has 0 aliphatic rings. The molecule has 0 radical (unpaired) electrons. The van der Waals surface area contributed by atoms with E-state index in [1.54, 1.807) is 6.20 Å². The molecule has 5 heterocycles. The van der Waals surface area contributed by atoms with Gasteiger partial charge in [0.1, 0.15) is 11.5 Å². The van der Waals surface area contributed by atoms with Crippen molar-refractivity contribution in [1.29, 1.82) is 0 Å². The monoisotopic (exact) mass is 511 g/mol. The predicted octanol–water partition coefficient (Wildman–Crippen LogP) is 8.35. The molecule has 0 atom stereocenters. The summed E-state index contributed by atoms with van der Waals surface area (Å²) in [6, 6.07) is 38.4. The smallest absolute Gasteiger partial charge is 0.146 e. The number of para-hydroxylation sites is 4. The molecule has 5 aromatic heterocycles. The van der Waals surface area contributed by atoms with E-state index in [0.717, 1.165) is 55.6 Å². The van der Waals surface area contributed by atoms with E-state index in [4.69, 9.17) is 9.97 Å². The summed E-state index contributed by atoms with van der Waals surface area (Å²) >= 11 is 0. The molecule has 0 unspecified atom stereocenters. The third kappa shape index (κ3) is 2.83. The largest absolute Gasteiger partial charge is 0.294 e. The van der Waals surface area contributed by atoms with Crippen LogP contribution in [0, 0.1) is 0 Å². The van der Waals surface area contributed by atoms with Crippen LogP contribution in [-0.4, -0.2) is 23.9 Å². The lowest BCUT2D eigenvalue weighted by Crippen LogP contribution is -1.98. The summed E-state index contributed by atoms with van der Waals surface area (Å²) in [5.41, 5.74) is 8.64. The number of benzene rings is 4. The number of pyridine rings is 3. The number of nitrogens with zero attached hydrogens (tertiary/aromatic N) is 5. The maximum absolute atomic E-state index is 5.13. The Balaban J connectivity index is 1.47. The van der Waals surface area contributed by atoms with Crippen LogP contribution in [0.3, 0.4) is 0 Å². The zero-order chi connectivity index (χ0) is 26.2. The minimum atomic E-state index is 0.879. The van der Waals surface area contributed by atoms with E-state index in [1.165, 1.54) is 21.5 Å². The summed E-state index contributed by atoms with van der Waals surface area (Å²) in [4.78, 5) is 14.3. The van der Waals surface area contributed by atoms with Gasteiger partial charge in [0.05, 0.1) is 27.6 Å². The highest BCUT2D eigenvalue weighted by molar-refractivity contribution is 6.30. The number of rotatable bonds is 2. The first-order valence-electron chi connectivity index (χ1n) is 13.4. The number of fused-ring (bicyclic) bond motifs is 12. The van der Waals surface area contributed by atoms with Crippen molar-refractivity contribution in [2.75, 3.05) is 0 Å². The van der Waals surface area contributed by atoms with Crippen molar-refractivity contribution in [3.63, 3.8) is 0 Å². The standard InChI is InChI=1S/C35H21N5/c1-5-13-29-24(9-1)33-26(35-38-27-11-3-6-14-30(27)40(29)35)15-16-31-34(33)25-10-2-4-12-28(25)39(31)32-20-22(17-19-37-32)23-8-7-18-36-21-23/h1-21H. The maximum Gasteiger partial charge on any atom is 0.146 e. The van der Waals surface area contributed by atoms with Crippen molar-refractivity contribution in [2.45, 2.75) is 0 Å². The maximum atomic E-state index is 5.13. The van der Waals surface area contributed by atoms with Crippen LogP contribution in [-0.2, 0) is 0 Å². The first-order chi connectivity index (χ1) is 19.9. The highest BCUT2D eigenvalue weighted by Gasteiger charge is 2.20. The Morgan fingerprint density at radius 2 is 1.30 bits per heavy atom. The average Bonchev–Trinajstić information content (AvgIpc) is 3.58. The van der Waals surface area contributed by atoms with Gasteiger partial charge in [0, 0.05) is 51.1 Å². The fraction of sp³-hybridized carbons (Fsp3) is 0. The summed E-state index contributed by atoms with van der Waals surface area (Å²) in [6.45, 7) is 0. The molecule has 0 saturated carbocycles. The number of aromatic nitrogens is 5. The van der Waals surface area contributed by atoms with Crippen LogP contribution >= 0.6 is 0 Å². The molecule has 0 aliphatic heterocycles. The van der Waals surface area contributed by atoms with Gasteiger partial charge in [0.15, 0.2) is 0 Å². The molecule has 0 saturated heterocycles. The van der Waals surface area contributed by atoms with Crippen molar-refractivity contribution in [3.05, 3.63) is 128 Å². The van der Waals surface area contributed by atoms with E-state index >= 15 is 0 Å². The summed E-state index contributed by atoms with van der Waals surface area (Å²) in [6.07, 6.45) is 5.58. The minimum Gasteiger partial charge on any atom is -0.294 e. The van der Waals surface area contributed by atoms with Crippen LogP contribution in [0.15, 0.2) is 128 Å². The van der Waals surface area contributed by atoms with Gasteiger partial charge in [-0.1, -0.05) is 54.6 Å². The Kier molecular flexibility index (Phi) is 4.27. The SMILES string of the molecule is c1cncc(-c2ccnc(-n3c4ccccc4c4c5c6ccccc6n6c7ccccc7nc6c5ccc43)c2)c1. The van der Waals surface area contributed by atoms with Crippen molar-refractivity contribution in [3.8, 4) is 16.9 Å². The molecular weight excluding hydrogens is 490 g/mol. The van der Waals surface area contributed by atoms with Crippen molar-refractivity contribution < 1.29 is 0 Å². The molecule has 0 bridgehead atoms. The molecule has 0 spiro atoms.